The molecule has 1 heterocycles. The van der Waals surface area contributed by atoms with Crippen molar-refractivity contribution >= 4 is 40.6 Å². The van der Waals surface area contributed by atoms with E-state index < -0.39 is 30.9 Å². The Bertz CT molecular complexity index is 1400. The highest BCUT2D eigenvalue weighted by Gasteiger charge is 2.30. The Morgan fingerprint density at radius 2 is 1.73 bits per heavy atom. The summed E-state index contributed by atoms with van der Waals surface area (Å²) >= 11 is 0. The van der Waals surface area contributed by atoms with Gasteiger partial charge < -0.3 is 30.4 Å². The molecule has 0 aliphatic rings. The second kappa shape index (κ2) is 11.5. The van der Waals surface area contributed by atoms with Crippen LogP contribution in [0.1, 0.15) is 36.2 Å². The molecule has 1 aromatic heterocycles. The van der Waals surface area contributed by atoms with Crippen molar-refractivity contribution in [3.63, 3.8) is 0 Å². The first kappa shape index (κ1) is 26.3. The molecule has 0 aliphatic carbocycles. The Balaban J connectivity index is 1.60. The average Bonchev–Trinajstić information content (AvgIpc) is 3.29. The van der Waals surface area contributed by atoms with E-state index in [9.17, 15) is 19.6 Å². The highest BCUT2D eigenvalue weighted by atomic mass is 16.5. The van der Waals surface area contributed by atoms with Gasteiger partial charge in [0.15, 0.2) is 0 Å². The molecule has 0 spiro atoms. The Labute approximate surface area is 216 Å². The number of amides is 2. The van der Waals surface area contributed by atoms with Gasteiger partial charge in [-0.25, -0.2) is 0 Å². The normalized spacial score (nSPS) is 12.9. The van der Waals surface area contributed by atoms with Crippen LogP contribution < -0.4 is 15.4 Å². The van der Waals surface area contributed by atoms with Gasteiger partial charge in [-0.05, 0) is 59.0 Å². The van der Waals surface area contributed by atoms with Crippen molar-refractivity contribution in [3.05, 3.63) is 78.0 Å². The molecule has 8 nitrogen and oxygen atoms in total. The van der Waals surface area contributed by atoms with E-state index in [4.69, 9.17) is 4.74 Å². The molecule has 2 atom stereocenters. The molecule has 2 amide bonds. The second-order valence-corrected chi connectivity index (χ2v) is 9.68. The fraction of sp³-hybridized carbons (Fsp3) is 0.286. The Kier molecular flexibility index (Phi) is 8.16. The zero-order chi connectivity index (χ0) is 26.5. The smallest absolute Gasteiger partial charge is 0.475 e. The number of hydrogen-bond acceptors (Lipinski definition) is 5. The number of para-hydroxylation sites is 1. The molecule has 4 aromatic rings. The quantitative estimate of drug-likeness (QED) is 0.214. The summed E-state index contributed by atoms with van der Waals surface area (Å²) in [7, 11) is -0.114. The summed E-state index contributed by atoms with van der Waals surface area (Å²) in [6.07, 6.45) is 2.43. The minimum Gasteiger partial charge on any atom is -0.497 e. The number of carbonyl (C=O) groups excluding carboxylic acids is 2. The number of rotatable bonds is 10. The fourth-order valence-electron chi connectivity index (χ4n) is 4.51. The van der Waals surface area contributed by atoms with Crippen LogP contribution in [-0.4, -0.2) is 53.1 Å². The minimum atomic E-state index is -1.71. The maximum absolute atomic E-state index is 13.4. The zero-order valence-electron chi connectivity index (χ0n) is 21.2. The molecule has 3 aromatic carbocycles. The van der Waals surface area contributed by atoms with Crippen LogP contribution in [0.5, 0.6) is 5.75 Å². The standard InChI is InChI=1S/C28H32BN3O5/c1-17(2)12-26(29(35)36)32-28(34)25(15-21-16-30-24-7-5-4-6-23(21)24)31-27(33)20-9-8-19-14-22(37-3)11-10-18(19)13-20/h4-11,13-14,16-17,25-26,30,35-36H,12,15H2,1-3H3,(H,31,33)(H,32,34)/t25-,26-/m0/s1. The summed E-state index contributed by atoms with van der Waals surface area (Å²) in [6, 6.07) is 17.7. The van der Waals surface area contributed by atoms with E-state index in [0.717, 1.165) is 33.0 Å². The van der Waals surface area contributed by atoms with Crippen LogP contribution in [0.3, 0.4) is 0 Å². The lowest BCUT2D eigenvalue weighted by atomic mass is 9.75. The fourth-order valence-corrected chi connectivity index (χ4v) is 4.51. The van der Waals surface area contributed by atoms with E-state index in [1.54, 1.807) is 19.2 Å². The molecule has 0 fully saturated rings. The molecular weight excluding hydrogens is 469 g/mol. The number of H-pyrrole nitrogens is 1. The van der Waals surface area contributed by atoms with E-state index >= 15 is 0 Å². The molecule has 37 heavy (non-hydrogen) atoms. The maximum atomic E-state index is 13.4. The number of carbonyl (C=O) groups is 2. The highest BCUT2D eigenvalue weighted by Crippen LogP contribution is 2.23. The number of nitrogens with one attached hydrogen (secondary N) is 3. The third-order valence-corrected chi connectivity index (χ3v) is 6.44. The van der Waals surface area contributed by atoms with Crippen LogP contribution in [0.25, 0.3) is 21.7 Å². The molecule has 0 saturated carbocycles. The molecule has 9 heteroatoms. The lowest BCUT2D eigenvalue weighted by molar-refractivity contribution is -0.123. The molecule has 0 saturated heterocycles. The largest absolute Gasteiger partial charge is 0.497 e. The van der Waals surface area contributed by atoms with Gasteiger partial charge in [0.1, 0.15) is 11.8 Å². The number of aromatic nitrogens is 1. The lowest BCUT2D eigenvalue weighted by Crippen LogP contribution is -2.55. The van der Waals surface area contributed by atoms with Gasteiger partial charge in [0.2, 0.25) is 5.91 Å². The molecule has 0 radical (unpaired) electrons. The third-order valence-electron chi connectivity index (χ3n) is 6.44. The number of hydrogen-bond donors (Lipinski definition) is 5. The number of benzene rings is 3. The van der Waals surface area contributed by atoms with Crippen molar-refractivity contribution in [2.45, 2.75) is 38.7 Å². The molecule has 0 aliphatic heterocycles. The Hall–Kier alpha value is -3.82. The van der Waals surface area contributed by atoms with Crippen LogP contribution in [0.15, 0.2) is 66.9 Å². The van der Waals surface area contributed by atoms with Crippen molar-refractivity contribution in [1.29, 1.82) is 0 Å². The predicted octanol–water partition coefficient (Wildman–Crippen LogP) is 3.21. The van der Waals surface area contributed by atoms with Crippen molar-refractivity contribution in [2.75, 3.05) is 7.11 Å². The van der Waals surface area contributed by atoms with E-state index in [1.807, 2.05) is 68.6 Å². The predicted molar refractivity (Wildman–Crippen MR) is 145 cm³/mol. The van der Waals surface area contributed by atoms with Gasteiger partial charge in [-0.1, -0.05) is 44.2 Å². The molecule has 0 bridgehead atoms. The highest BCUT2D eigenvalue weighted by molar-refractivity contribution is 6.43. The summed E-state index contributed by atoms with van der Waals surface area (Å²) in [5.41, 5.74) is 2.21. The van der Waals surface area contributed by atoms with Crippen molar-refractivity contribution in [1.82, 2.24) is 15.6 Å². The monoisotopic (exact) mass is 501 g/mol. The zero-order valence-corrected chi connectivity index (χ0v) is 21.2. The number of ether oxygens (including phenoxy) is 1. The third kappa shape index (κ3) is 6.31. The second-order valence-electron chi connectivity index (χ2n) is 9.68. The average molecular weight is 501 g/mol. The summed E-state index contributed by atoms with van der Waals surface area (Å²) in [4.78, 5) is 29.9. The maximum Gasteiger partial charge on any atom is 0.475 e. The molecule has 192 valence electrons. The van der Waals surface area contributed by atoms with Crippen molar-refractivity contribution < 1.29 is 24.4 Å². The molecule has 0 unspecified atom stereocenters. The van der Waals surface area contributed by atoms with Crippen molar-refractivity contribution in [3.8, 4) is 5.75 Å². The van der Waals surface area contributed by atoms with Crippen molar-refractivity contribution in [2.24, 2.45) is 5.92 Å². The van der Waals surface area contributed by atoms with Gasteiger partial charge in [-0.3, -0.25) is 9.59 Å². The van der Waals surface area contributed by atoms with E-state index in [1.165, 1.54) is 0 Å². The summed E-state index contributed by atoms with van der Waals surface area (Å²) < 4.78 is 5.27. The summed E-state index contributed by atoms with van der Waals surface area (Å²) in [5, 5.41) is 28.0. The van der Waals surface area contributed by atoms with Crippen LogP contribution >= 0.6 is 0 Å². The minimum absolute atomic E-state index is 0.130. The number of methoxy groups -OCH3 is 1. The SMILES string of the molecule is COc1ccc2cc(C(=O)N[C@@H](Cc3c[nH]c4ccccc34)C(=O)N[C@@H](CC(C)C)B(O)O)ccc2c1. The van der Waals surface area contributed by atoms with E-state index in [-0.39, 0.29) is 12.3 Å². The summed E-state index contributed by atoms with van der Waals surface area (Å²) in [5.74, 6) is -0.886. The van der Waals surface area contributed by atoms with Gasteiger partial charge >= 0.3 is 7.12 Å². The first-order valence-electron chi connectivity index (χ1n) is 12.4. The number of aromatic amines is 1. The Morgan fingerprint density at radius 1 is 1.00 bits per heavy atom. The lowest BCUT2D eigenvalue weighted by Gasteiger charge is -2.24. The van der Waals surface area contributed by atoms with Gasteiger partial charge in [0.05, 0.1) is 13.1 Å². The van der Waals surface area contributed by atoms with Gasteiger partial charge in [-0.15, -0.1) is 0 Å². The molecule has 4 rings (SSSR count). The first-order chi connectivity index (χ1) is 17.7. The van der Waals surface area contributed by atoms with E-state index in [0.29, 0.717) is 12.0 Å². The van der Waals surface area contributed by atoms with Gasteiger partial charge in [-0.2, -0.15) is 0 Å². The van der Waals surface area contributed by atoms with Crippen LogP contribution in [-0.2, 0) is 11.2 Å². The Morgan fingerprint density at radius 3 is 2.46 bits per heavy atom. The van der Waals surface area contributed by atoms with Crippen LogP contribution in [0, 0.1) is 5.92 Å². The first-order valence-corrected chi connectivity index (χ1v) is 12.4. The van der Waals surface area contributed by atoms with Crippen LogP contribution in [0.4, 0.5) is 0 Å². The van der Waals surface area contributed by atoms with Crippen LogP contribution in [0.2, 0.25) is 0 Å². The topological polar surface area (TPSA) is 124 Å². The van der Waals surface area contributed by atoms with Gasteiger partial charge in [0.25, 0.3) is 5.91 Å². The molecular formula is C28H32BN3O5. The number of fused-ring (bicyclic) bond motifs is 2. The molecule has 5 N–H and O–H groups in total. The van der Waals surface area contributed by atoms with E-state index in [2.05, 4.69) is 15.6 Å². The summed E-state index contributed by atoms with van der Waals surface area (Å²) in [6.45, 7) is 3.87. The van der Waals surface area contributed by atoms with Gasteiger partial charge in [0, 0.05) is 29.1 Å².